The molecule has 2 nitrogen and oxygen atoms in total. The molecule has 0 aliphatic rings. The molecule has 0 fully saturated rings. The van der Waals surface area contributed by atoms with Crippen LogP contribution in [-0.2, 0) is 6.18 Å². The third kappa shape index (κ3) is 3.70. The van der Waals surface area contributed by atoms with Crippen molar-refractivity contribution >= 4 is 45.8 Å². The van der Waals surface area contributed by atoms with Gasteiger partial charge in [-0.05, 0) is 24.3 Å². The molecule has 8 heteroatoms. The maximum Gasteiger partial charge on any atom is 0.433 e. The summed E-state index contributed by atoms with van der Waals surface area (Å²) < 4.78 is 38.0. The van der Waals surface area contributed by atoms with E-state index in [1.54, 1.807) is 22.6 Å². The molecule has 1 aromatic heterocycles. The van der Waals surface area contributed by atoms with Gasteiger partial charge in [-0.3, -0.25) is 0 Å². The van der Waals surface area contributed by atoms with Gasteiger partial charge in [0.2, 0.25) is 0 Å². The second-order valence-electron chi connectivity index (χ2n) is 3.56. The first-order chi connectivity index (χ1) is 8.75. The highest BCUT2D eigenvalue weighted by atomic mass is 127. The largest absolute Gasteiger partial charge is 0.433 e. The van der Waals surface area contributed by atoms with E-state index in [4.69, 9.17) is 23.2 Å². The van der Waals surface area contributed by atoms with Gasteiger partial charge < -0.3 is 0 Å². The van der Waals surface area contributed by atoms with Crippen LogP contribution in [0.15, 0.2) is 24.3 Å². The van der Waals surface area contributed by atoms with Crippen molar-refractivity contribution in [3.8, 4) is 11.3 Å². The lowest BCUT2D eigenvalue weighted by Crippen LogP contribution is -2.10. The Morgan fingerprint density at radius 3 is 2.05 bits per heavy atom. The lowest BCUT2D eigenvalue weighted by molar-refractivity contribution is -0.141. The minimum Gasteiger partial charge on any atom is -0.223 e. The predicted molar refractivity (Wildman–Crippen MR) is 75.2 cm³/mol. The van der Waals surface area contributed by atoms with Crippen LogP contribution in [0.5, 0.6) is 0 Å². The van der Waals surface area contributed by atoms with Crippen LogP contribution in [0.1, 0.15) is 5.69 Å². The maximum absolute atomic E-state index is 12.7. The maximum atomic E-state index is 12.7. The van der Waals surface area contributed by atoms with E-state index in [0.29, 0.717) is 15.6 Å². The van der Waals surface area contributed by atoms with Gasteiger partial charge in [-0.15, -0.1) is 0 Å². The van der Waals surface area contributed by atoms with Crippen LogP contribution in [0.2, 0.25) is 10.0 Å². The fraction of sp³-hybridized carbons (Fsp3) is 0.0909. The predicted octanol–water partition coefficient (Wildman–Crippen LogP) is 5.07. The molecule has 0 saturated carbocycles. The normalized spacial score (nSPS) is 11.7. The summed E-state index contributed by atoms with van der Waals surface area (Å²) in [6.45, 7) is 0. The Balaban J connectivity index is 2.59. The van der Waals surface area contributed by atoms with Crippen LogP contribution >= 0.6 is 45.8 Å². The zero-order chi connectivity index (χ0) is 14.2. The molecule has 19 heavy (non-hydrogen) atoms. The van der Waals surface area contributed by atoms with Gasteiger partial charge in [0.05, 0.1) is 5.69 Å². The lowest BCUT2D eigenvalue weighted by atomic mass is 10.1. The Morgan fingerprint density at radius 2 is 1.53 bits per heavy atom. The first kappa shape index (κ1) is 14.8. The Labute approximate surface area is 130 Å². The van der Waals surface area contributed by atoms with E-state index in [1.165, 1.54) is 18.2 Å². The monoisotopic (exact) mass is 418 g/mol. The summed E-state index contributed by atoms with van der Waals surface area (Å²) in [4.78, 5) is 7.32. The number of nitrogens with zero attached hydrogens (tertiary/aromatic N) is 2. The SMILES string of the molecule is FC(F)(F)c1cc(-c2cc(Cl)cc(Cl)c2)nc(I)n1. The quantitative estimate of drug-likeness (QED) is 0.477. The number of rotatable bonds is 1. The van der Waals surface area contributed by atoms with E-state index < -0.39 is 11.9 Å². The Bertz CT molecular complexity index is 612. The molecule has 0 aliphatic carbocycles. The standard InChI is InChI=1S/C11H4Cl2F3IN2/c12-6-1-5(2-7(13)3-6)8-4-9(11(14,15)16)19-10(17)18-8/h1-4H. The van der Waals surface area contributed by atoms with Crippen LogP contribution in [0, 0.1) is 3.83 Å². The highest BCUT2D eigenvalue weighted by Gasteiger charge is 2.33. The first-order valence-corrected chi connectivity index (χ1v) is 6.67. The summed E-state index contributed by atoms with van der Waals surface area (Å²) in [6.07, 6.45) is -4.53. The highest BCUT2D eigenvalue weighted by Crippen LogP contribution is 2.32. The minimum absolute atomic E-state index is 0.00137. The van der Waals surface area contributed by atoms with Gasteiger partial charge in [0.25, 0.3) is 0 Å². The van der Waals surface area contributed by atoms with Crippen molar-refractivity contribution in [3.05, 3.63) is 43.8 Å². The molecule has 0 unspecified atom stereocenters. The lowest BCUT2D eigenvalue weighted by Gasteiger charge is -2.09. The summed E-state index contributed by atoms with van der Waals surface area (Å²) in [5.41, 5.74) is -0.475. The second kappa shape index (κ2) is 5.41. The Hall–Kier alpha value is -0.600. The van der Waals surface area contributed by atoms with Gasteiger partial charge in [-0.25, -0.2) is 9.97 Å². The molecule has 0 bridgehead atoms. The van der Waals surface area contributed by atoms with E-state index in [2.05, 4.69) is 9.97 Å². The van der Waals surface area contributed by atoms with Gasteiger partial charge in [-0.2, -0.15) is 13.2 Å². The zero-order valence-corrected chi connectivity index (χ0v) is 12.6. The highest BCUT2D eigenvalue weighted by molar-refractivity contribution is 14.1. The van der Waals surface area contributed by atoms with Gasteiger partial charge in [0, 0.05) is 38.2 Å². The Morgan fingerprint density at radius 1 is 0.947 bits per heavy atom. The van der Waals surface area contributed by atoms with Crippen molar-refractivity contribution in [2.75, 3.05) is 0 Å². The number of hydrogen-bond donors (Lipinski definition) is 0. The van der Waals surface area contributed by atoms with E-state index >= 15 is 0 Å². The molecule has 0 atom stereocenters. The zero-order valence-electron chi connectivity index (χ0n) is 8.97. The van der Waals surface area contributed by atoms with Crippen molar-refractivity contribution in [1.29, 1.82) is 0 Å². The summed E-state index contributed by atoms with van der Waals surface area (Å²) in [5, 5.41) is 0.648. The molecular weight excluding hydrogens is 415 g/mol. The third-order valence-corrected chi connectivity index (χ3v) is 3.07. The van der Waals surface area contributed by atoms with Crippen LogP contribution < -0.4 is 0 Å². The molecule has 2 aromatic rings. The van der Waals surface area contributed by atoms with Crippen molar-refractivity contribution in [2.45, 2.75) is 6.18 Å². The molecule has 0 amide bonds. The third-order valence-electron chi connectivity index (χ3n) is 2.15. The van der Waals surface area contributed by atoms with Crippen molar-refractivity contribution in [3.63, 3.8) is 0 Å². The fourth-order valence-electron chi connectivity index (χ4n) is 1.41. The van der Waals surface area contributed by atoms with Crippen molar-refractivity contribution in [2.24, 2.45) is 0 Å². The van der Waals surface area contributed by atoms with E-state index in [0.717, 1.165) is 6.07 Å². The minimum atomic E-state index is -4.53. The molecule has 2 rings (SSSR count). The smallest absolute Gasteiger partial charge is 0.223 e. The number of hydrogen-bond acceptors (Lipinski definition) is 2. The van der Waals surface area contributed by atoms with Gasteiger partial charge in [0.15, 0.2) is 3.83 Å². The van der Waals surface area contributed by atoms with Gasteiger partial charge in [-0.1, -0.05) is 23.2 Å². The topological polar surface area (TPSA) is 25.8 Å². The average molecular weight is 419 g/mol. The summed E-state index contributed by atoms with van der Waals surface area (Å²) >= 11 is 13.3. The van der Waals surface area contributed by atoms with E-state index in [9.17, 15) is 13.2 Å². The molecule has 1 heterocycles. The van der Waals surface area contributed by atoms with Crippen LogP contribution in [0.25, 0.3) is 11.3 Å². The molecular formula is C11H4Cl2F3IN2. The fourth-order valence-corrected chi connectivity index (χ4v) is 2.46. The summed E-state index contributed by atoms with van der Waals surface area (Å²) in [5.74, 6) is 0. The summed E-state index contributed by atoms with van der Waals surface area (Å²) in [6, 6.07) is 5.34. The first-order valence-electron chi connectivity index (χ1n) is 4.84. The molecule has 1 aromatic carbocycles. The molecule has 0 aliphatic heterocycles. The molecule has 100 valence electrons. The second-order valence-corrected chi connectivity index (χ2v) is 5.40. The molecule has 0 radical (unpaired) electrons. The number of aromatic nitrogens is 2. The number of benzene rings is 1. The average Bonchev–Trinajstić information content (AvgIpc) is 2.25. The molecule has 0 saturated heterocycles. The summed E-state index contributed by atoms with van der Waals surface area (Å²) in [7, 11) is 0. The van der Waals surface area contributed by atoms with Crippen molar-refractivity contribution in [1.82, 2.24) is 9.97 Å². The molecule has 0 N–H and O–H groups in total. The van der Waals surface area contributed by atoms with Crippen molar-refractivity contribution < 1.29 is 13.2 Å². The van der Waals surface area contributed by atoms with E-state index in [-0.39, 0.29) is 9.53 Å². The van der Waals surface area contributed by atoms with Gasteiger partial charge in [0.1, 0.15) is 5.69 Å². The van der Waals surface area contributed by atoms with Crippen LogP contribution in [0.4, 0.5) is 13.2 Å². The van der Waals surface area contributed by atoms with E-state index in [1.807, 2.05) is 0 Å². The number of alkyl halides is 3. The van der Waals surface area contributed by atoms with Gasteiger partial charge >= 0.3 is 6.18 Å². The molecule has 0 spiro atoms. The number of halogens is 6. The van der Waals surface area contributed by atoms with Crippen LogP contribution in [-0.4, -0.2) is 9.97 Å². The van der Waals surface area contributed by atoms with Crippen LogP contribution in [0.3, 0.4) is 0 Å². The Kier molecular flexibility index (Phi) is 4.22.